The van der Waals surface area contributed by atoms with Crippen molar-refractivity contribution in [3.63, 3.8) is 0 Å². The number of amides is 2. The van der Waals surface area contributed by atoms with Crippen LogP contribution in [0.5, 0.6) is 0 Å². The molecule has 1 aromatic heterocycles. The molecular formula is C15H23N5O5. The molecule has 0 unspecified atom stereocenters. The number of hydrazone groups is 1. The van der Waals surface area contributed by atoms with Crippen LogP contribution in [0.15, 0.2) is 21.7 Å². The van der Waals surface area contributed by atoms with Crippen LogP contribution in [-0.2, 0) is 0 Å². The fourth-order valence-electron chi connectivity index (χ4n) is 2.59. The zero-order valence-corrected chi connectivity index (χ0v) is 13.9. The van der Waals surface area contributed by atoms with E-state index in [2.05, 4.69) is 20.7 Å². The Balaban J connectivity index is 2.03. The smallest absolute Gasteiger partial charge is 0.399 e. The van der Waals surface area contributed by atoms with Gasteiger partial charge in [0.25, 0.3) is 0 Å². The standard InChI is InChI=1S/C15H23N5O5/c21-11-7-16-15(22)18-17-12(6-10-19-8-2-1-3-9-19)13-4-5-14(25-13)20(23)24/h4-5,21H,1-3,6-11H2,(H2,16,18,22). The highest BCUT2D eigenvalue weighted by molar-refractivity contribution is 5.99. The van der Waals surface area contributed by atoms with Gasteiger partial charge in [0.1, 0.15) is 10.6 Å². The summed E-state index contributed by atoms with van der Waals surface area (Å²) in [6.45, 7) is 2.68. The molecule has 1 aromatic rings. The molecule has 0 spiro atoms. The summed E-state index contributed by atoms with van der Waals surface area (Å²) in [5.41, 5.74) is 2.75. The minimum Gasteiger partial charge on any atom is -0.399 e. The van der Waals surface area contributed by atoms with Gasteiger partial charge in [-0.2, -0.15) is 5.10 Å². The molecule has 10 nitrogen and oxygen atoms in total. The van der Waals surface area contributed by atoms with E-state index in [0.29, 0.717) is 12.1 Å². The van der Waals surface area contributed by atoms with Gasteiger partial charge in [-0.25, -0.2) is 10.2 Å². The van der Waals surface area contributed by atoms with Gasteiger partial charge < -0.3 is 19.7 Å². The molecule has 0 saturated carbocycles. The Bertz CT molecular complexity index is 609. The molecule has 138 valence electrons. The van der Waals surface area contributed by atoms with Crippen LogP contribution in [0, 0.1) is 10.1 Å². The predicted molar refractivity (Wildman–Crippen MR) is 90.4 cm³/mol. The normalized spacial score (nSPS) is 15.8. The maximum absolute atomic E-state index is 11.6. The van der Waals surface area contributed by atoms with Crippen LogP contribution in [0.1, 0.15) is 31.4 Å². The van der Waals surface area contributed by atoms with Crippen molar-refractivity contribution in [1.29, 1.82) is 0 Å². The molecule has 10 heteroatoms. The van der Waals surface area contributed by atoms with Gasteiger partial charge in [0, 0.05) is 19.5 Å². The number of hydrogen-bond donors (Lipinski definition) is 3. The average Bonchev–Trinajstić information content (AvgIpc) is 3.11. The first-order valence-corrected chi connectivity index (χ1v) is 8.28. The monoisotopic (exact) mass is 353 g/mol. The van der Waals surface area contributed by atoms with Crippen LogP contribution in [0.3, 0.4) is 0 Å². The van der Waals surface area contributed by atoms with Crippen molar-refractivity contribution in [2.24, 2.45) is 5.10 Å². The number of nitro groups is 1. The summed E-state index contributed by atoms with van der Waals surface area (Å²) in [5.74, 6) is -0.114. The molecule has 3 N–H and O–H groups in total. The molecular weight excluding hydrogens is 330 g/mol. The van der Waals surface area contributed by atoms with Gasteiger partial charge in [-0.05, 0) is 32.0 Å². The van der Waals surface area contributed by atoms with Crippen molar-refractivity contribution in [3.8, 4) is 0 Å². The first-order chi connectivity index (χ1) is 12.1. The third-order valence-corrected chi connectivity index (χ3v) is 3.86. The van der Waals surface area contributed by atoms with Crippen LogP contribution < -0.4 is 10.7 Å². The highest BCUT2D eigenvalue weighted by atomic mass is 16.6. The zero-order valence-electron chi connectivity index (χ0n) is 13.9. The fourth-order valence-corrected chi connectivity index (χ4v) is 2.59. The SMILES string of the molecule is O=C(NCCO)NN=C(CCN1CCCCC1)c1ccc([N+](=O)[O-])o1. The van der Waals surface area contributed by atoms with E-state index in [-0.39, 0.29) is 24.8 Å². The number of piperidine rings is 1. The summed E-state index contributed by atoms with van der Waals surface area (Å²) in [4.78, 5) is 24.0. The molecule has 25 heavy (non-hydrogen) atoms. The third-order valence-electron chi connectivity index (χ3n) is 3.86. The Labute approximate surface area is 145 Å². The number of aliphatic hydroxyl groups is 1. The Morgan fingerprint density at radius 2 is 2.12 bits per heavy atom. The predicted octanol–water partition coefficient (Wildman–Crippen LogP) is 1.06. The Hall–Kier alpha value is -2.46. The minimum atomic E-state index is -0.618. The first kappa shape index (κ1) is 18.9. The number of carbonyl (C=O) groups is 1. The second kappa shape index (κ2) is 9.74. The highest BCUT2D eigenvalue weighted by Gasteiger charge is 2.18. The zero-order chi connectivity index (χ0) is 18.1. The number of urea groups is 1. The Kier molecular flexibility index (Phi) is 7.36. The maximum atomic E-state index is 11.6. The molecule has 2 amide bonds. The second-order valence-electron chi connectivity index (χ2n) is 5.70. The molecule has 1 aliphatic heterocycles. The summed E-state index contributed by atoms with van der Waals surface area (Å²) in [7, 11) is 0. The van der Waals surface area contributed by atoms with Gasteiger partial charge >= 0.3 is 11.9 Å². The van der Waals surface area contributed by atoms with Crippen molar-refractivity contribution in [3.05, 3.63) is 28.0 Å². The summed E-state index contributed by atoms with van der Waals surface area (Å²) in [6, 6.07) is 2.17. The molecule has 1 saturated heterocycles. The number of nitrogens with one attached hydrogen (secondary N) is 2. The number of rotatable bonds is 8. The lowest BCUT2D eigenvalue weighted by Crippen LogP contribution is -2.35. The summed E-state index contributed by atoms with van der Waals surface area (Å²) in [5, 5.41) is 25.9. The molecule has 1 fully saturated rings. The number of aliphatic hydroxyl groups excluding tert-OH is 1. The van der Waals surface area contributed by atoms with Crippen LogP contribution in [0.2, 0.25) is 0 Å². The van der Waals surface area contributed by atoms with Gasteiger partial charge in [0.05, 0.1) is 12.7 Å². The van der Waals surface area contributed by atoms with E-state index < -0.39 is 11.0 Å². The van der Waals surface area contributed by atoms with E-state index in [9.17, 15) is 14.9 Å². The highest BCUT2D eigenvalue weighted by Crippen LogP contribution is 2.18. The van der Waals surface area contributed by atoms with Crippen molar-refractivity contribution in [2.45, 2.75) is 25.7 Å². The second-order valence-corrected chi connectivity index (χ2v) is 5.70. The van der Waals surface area contributed by atoms with Crippen LogP contribution in [0.4, 0.5) is 10.7 Å². The number of furan rings is 1. The van der Waals surface area contributed by atoms with Crippen molar-refractivity contribution in [1.82, 2.24) is 15.6 Å². The largest absolute Gasteiger partial charge is 0.433 e. The van der Waals surface area contributed by atoms with Gasteiger partial charge in [0.15, 0.2) is 5.76 Å². The fraction of sp³-hybridized carbons (Fsp3) is 0.600. The lowest BCUT2D eigenvalue weighted by atomic mass is 10.1. The maximum Gasteiger partial charge on any atom is 0.433 e. The molecule has 1 aliphatic rings. The van der Waals surface area contributed by atoms with Crippen LogP contribution in [-0.4, -0.2) is 59.5 Å². The quantitative estimate of drug-likeness (QED) is 0.363. The summed E-state index contributed by atoms with van der Waals surface area (Å²) < 4.78 is 5.20. The molecule has 2 heterocycles. The van der Waals surface area contributed by atoms with Crippen molar-refractivity contribution < 1.29 is 19.2 Å². The van der Waals surface area contributed by atoms with Gasteiger partial charge in [-0.1, -0.05) is 6.42 Å². The molecule has 0 bridgehead atoms. The molecule has 0 aliphatic carbocycles. The molecule has 0 radical (unpaired) electrons. The van der Waals surface area contributed by atoms with E-state index in [4.69, 9.17) is 9.52 Å². The number of hydrogen-bond acceptors (Lipinski definition) is 7. The number of carbonyl (C=O) groups excluding carboxylic acids is 1. The minimum absolute atomic E-state index is 0.108. The van der Waals surface area contributed by atoms with E-state index in [1.807, 2.05) is 0 Å². The molecule has 2 rings (SSSR count). The van der Waals surface area contributed by atoms with Gasteiger partial charge in [-0.3, -0.25) is 10.1 Å². The van der Waals surface area contributed by atoms with E-state index in [0.717, 1.165) is 32.5 Å². The molecule has 0 atom stereocenters. The van der Waals surface area contributed by atoms with Crippen molar-refractivity contribution in [2.75, 3.05) is 32.8 Å². The average molecular weight is 353 g/mol. The van der Waals surface area contributed by atoms with Crippen molar-refractivity contribution >= 4 is 17.6 Å². The lowest BCUT2D eigenvalue weighted by Gasteiger charge is -2.26. The summed E-state index contributed by atoms with van der Waals surface area (Å²) >= 11 is 0. The lowest BCUT2D eigenvalue weighted by molar-refractivity contribution is -0.402. The Morgan fingerprint density at radius 1 is 1.36 bits per heavy atom. The third kappa shape index (κ3) is 6.16. The van der Waals surface area contributed by atoms with Crippen LogP contribution >= 0.6 is 0 Å². The first-order valence-electron chi connectivity index (χ1n) is 8.28. The van der Waals surface area contributed by atoms with E-state index in [1.54, 1.807) is 0 Å². The molecule has 0 aromatic carbocycles. The van der Waals surface area contributed by atoms with Crippen LogP contribution in [0.25, 0.3) is 0 Å². The Morgan fingerprint density at radius 3 is 2.76 bits per heavy atom. The number of nitrogens with zero attached hydrogens (tertiary/aromatic N) is 3. The van der Waals surface area contributed by atoms with E-state index in [1.165, 1.54) is 18.6 Å². The van der Waals surface area contributed by atoms with Gasteiger partial charge in [-0.15, -0.1) is 0 Å². The topological polar surface area (TPSA) is 133 Å². The van der Waals surface area contributed by atoms with E-state index >= 15 is 0 Å². The number of likely N-dealkylation sites (tertiary alicyclic amines) is 1. The summed E-state index contributed by atoms with van der Waals surface area (Å²) in [6.07, 6.45) is 4.03. The van der Waals surface area contributed by atoms with Gasteiger partial charge in [0.2, 0.25) is 0 Å².